The van der Waals surface area contributed by atoms with Gasteiger partial charge in [0.1, 0.15) is 5.69 Å². The second-order valence-corrected chi connectivity index (χ2v) is 4.49. The quantitative estimate of drug-likeness (QED) is 0.844. The van der Waals surface area contributed by atoms with Gasteiger partial charge in [-0.3, -0.25) is 4.79 Å². The molecule has 19 heavy (non-hydrogen) atoms. The number of aromatic carboxylic acids is 1. The van der Waals surface area contributed by atoms with Crippen LogP contribution in [0.25, 0.3) is 10.9 Å². The zero-order valence-electron chi connectivity index (χ0n) is 10.2. The van der Waals surface area contributed by atoms with E-state index in [4.69, 9.17) is 11.6 Å². The van der Waals surface area contributed by atoms with Crippen molar-refractivity contribution in [2.45, 2.75) is 12.8 Å². The molecule has 0 saturated carbocycles. The maximum absolute atomic E-state index is 11.2. The van der Waals surface area contributed by atoms with Crippen LogP contribution in [0.15, 0.2) is 18.2 Å². The first kappa shape index (κ1) is 13.4. The van der Waals surface area contributed by atoms with Gasteiger partial charge in [0, 0.05) is 22.3 Å². The molecule has 0 saturated heterocycles. The molecule has 6 heteroatoms. The summed E-state index contributed by atoms with van der Waals surface area (Å²) in [5.74, 6) is -1.44. The van der Waals surface area contributed by atoms with Crippen molar-refractivity contribution in [2.24, 2.45) is 0 Å². The number of carboxylic acid groups (broad SMARTS) is 1. The summed E-state index contributed by atoms with van der Waals surface area (Å²) in [6.45, 7) is 0. The van der Waals surface area contributed by atoms with E-state index in [9.17, 15) is 14.7 Å². The molecule has 0 unspecified atom stereocenters. The molecular formula is C13H12ClNO4. The third kappa shape index (κ3) is 2.71. The van der Waals surface area contributed by atoms with Crippen LogP contribution in [0.4, 0.5) is 0 Å². The molecule has 1 heterocycles. The summed E-state index contributed by atoms with van der Waals surface area (Å²) in [7, 11) is 1.30. The highest BCUT2D eigenvalue weighted by Crippen LogP contribution is 2.26. The monoisotopic (exact) mass is 281 g/mol. The minimum atomic E-state index is -1.06. The van der Waals surface area contributed by atoms with Crippen LogP contribution in [-0.2, 0) is 16.0 Å². The predicted octanol–water partition coefficient (Wildman–Crippen LogP) is 2.63. The summed E-state index contributed by atoms with van der Waals surface area (Å²) in [6, 6.07) is 5.09. The van der Waals surface area contributed by atoms with E-state index in [1.54, 1.807) is 18.2 Å². The summed E-state index contributed by atoms with van der Waals surface area (Å²) < 4.78 is 4.56. The Bertz CT molecular complexity index is 647. The van der Waals surface area contributed by atoms with Crippen molar-refractivity contribution in [1.29, 1.82) is 0 Å². The van der Waals surface area contributed by atoms with Crippen molar-refractivity contribution in [2.75, 3.05) is 7.11 Å². The third-order valence-electron chi connectivity index (χ3n) is 2.89. The van der Waals surface area contributed by atoms with E-state index in [0.717, 1.165) is 5.39 Å². The summed E-state index contributed by atoms with van der Waals surface area (Å²) in [6.07, 6.45) is 0.433. The largest absolute Gasteiger partial charge is 0.477 e. The standard InChI is InChI=1S/C13H12ClNO4/c1-19-11(16)5-4-9-8-3-2-7(14)6-10(8)15-12(9)13(17)18/h2-3,6,15H,4-5H2,1H3,(H,17,18). The van der Waals surface area contributed by atoms with E-state index in [-0.39, 0.29) is 18.1 Å². The van der Waals surface area contributed by atoms with Crippen molar-refractivity contribution in [3.8, 4) is 0 Å². The predicted molar refractivity (Wildman–Crippen MR) is 70.6 cm³/mol. The van der Waals surface area contributed by atoms with Gasteiger partial charge in [-0.25, -0.2) is 4.79 Å². The third-order valence-corrected chi connectivity index (χ3v) is 3.12. The van der Waals surface area contributed by atoms with Crippen LogP contribution in [0, 0.1) is 0 Å². The molecule has 0 spiro atoms. The molecule has 1 aromatic carbocycles. The first-order valence-corrected chi connectivity index (χ1v) is 6.01. The Morgan fingerprint density at radius 2 is 2.16 bits per heavy atom. The van der Waals surface area contributed by atoms with Gasteiger partial charge in [0.15, 0.2) is 0 Å². The zero-order chi connectivity index (χ0) is 14.0. The van der Waals surface area contributed by atoms with Crippen LogP contribution in [0.1, 0.15) is 22.5 Å². The second-order valence-electron chi connectivity index (χ2n) is 4.05. The summed E-state index contributed by atoms with van der Waals surface area (Å²) in [5, 5.41) is 10.5. The molecule has 0 atom stereocenters. The molecule has 0 radical (unpaired) electrons. The van der Waals surface area contributed by atoms with E-state index in [0.29, 0.717) is 22.5 Å². The molecule has 0 bridgehead atoms. The summed E-state index contributed by atoms with van der Waals surface area (Å²) in [5.41, 5.74) is 1.32. The number of carbonyl (C=O) groups is 2. The fourth-order valence-corrected chi connectivity index (χ4v) is 2.17. The number of carboxylic acids is 1. The van der Waals surface area contributed by atoms with Gasteiger partial charge in [0.2, 0.25) is 0 Å². The van der Waals surface area contributed by atoms with Gasteiger partial charge in [-0.05, 0) is 24.1 Å². The molecule has 0 aliphatic heterocycles. The molecule has 0 aliphatic rings. The Balaban J connectivity index is 2.46. The number of H-pyrrole nitrogens is 1. The Kier molecular flexibility index (Phi) is 3.76. The van der Waals surface area contributed by atoms with Gasteiger partial charge in [-0.2, -0.15) is 0 Å². The van der Waals surface area contributed by atoms with E-state index >= 15 is 0 Å². The highest BCUT2D eigenvalue weighted by atomic mass is 35.5. The van der Waals surface area contributed by atoms with Crippen LogP contribution >= 0.6 is 11.6 Å². The van der Waals surface area contributed by atoms with Gasteiger partial charge < -0.3 is 14.8 Å². The molecule has 2 N–H and O–H groups in total. The number of carbonyl (C=O) groups excluding carboxylic acids is 1. The number of rotatable bonds is 4. The van der Waals surface area contributed by atoms with Crippen LogP contribution in [0.2, 0.25) is 5.02 Å². The number of hydrogen-bond donors (Lipinski definition) is 2. The number of halogens is 1. The Hall–Kier alpha value is -2.01. The van der Waals surface area contributed by atoms with Gasteiger partial charge >= 0.3 is 11.9 Å². The minimum Gasteiger partial charge on any atom is -0.477 e. The molecule has 0 amide bonds. The van der Waals surface area contributed by atoms with Crippen LogP contribution in [0.5, 0.6) is 0 Å². The lowest BCUT2D eigenvalue weighted by atomic mass is 10.1. The number of fused-ring (bicyclic) bond motifs is 1. The summed E-state index contributed by atoms with van der Waals surface area (Å²) >= 11 is 5.87. The average Bonchev–Trinajstić information content (AvgIpc) is 2.73. The number of esters is 1. The summed E-state index contributed by atoms with van der Waals surface area (Å²) in [4.78, 5) is 25.2. The highest BCUT2D eigenvalue weighted by Gasteiger charge is 2.18. The first-order valence-electron chi connectivity index (χ1n) is 5.63. The number of ether oxygens (including phenoxy) is 1. The lowest BCUT2D eigenvalue weighted by molar-refractivity contribution is -0.140. The van der Waals surface area contributed by atoms with Crippen molar-refractivity contribution in [3.63, 3.8) is 0 Å². The lowest BCUT2D eigenvalue weighted by Gasteiger charge is -2.01. The molecule has 0 aliphatic carbocycles. The number of aromatic amines is 1. The normalized spacial score (nSPS) is 10.6. The van der Waals surface area contributed by atoms with E-state index < -0.39 is 5.97 Å². The van der Waals surface area contributed by atoms with Gasteiger partial charge in [0.05, 0.1) is 7.11 Å². The van der Waals surface area contributed by atoms with Gasteiger partial charge in [0.25, 0.3) is 0 Å². The minimum absolute atomic E-state index is 0.0844. The van der Waals surface area contributed by atoms with E-state index in [1.165, 1.54) is 7.11 Å². The van der Waals surface area contributed by atoms with Gasteiger partial charge in [-0.15, -0.1) is 0 Å². The fourth-order valence-electron chi connectivity index (χ4n) is 2.00. The molecule has 0 fully saturated rings. The molecule has 5 nitrogen and oxygen atoms in total. The average molecular weight is 282 g/mol. The molecule has 1 aromatic heterocycles. The van der Waals surface area contributed by atoms with Crippen molar-refractivity contribution in [3.05, 3.63) is 34.5 Å². The fraction of sp³-hybridized carbons (Fsp3) is 0.231. The first-order chi connectivity index (χ1) is 9.02. The number of hydrogen-bond acceptors (Lipinski definition) is 3. The Morgan fingerprint density at radius 3 is 2.79 bits per heavy atom. The van der Waals surface area contributed by atoms with Crippen molar-refractivity contribution in [1.82, 2.24) is 4.98 Å². The molecule has 100 valence electrons. The van der Waals surface area contributed by atoms with Crippen LogP contribution < -0.4 is 0 Å². The highest BCUT2D eigenvalue weighted by molar-refractivity contribution is 6.31. The van der Waals surface area contributed by atoms with E-state index in [1.807, 2.05) is 0 Å². The SMILES string of the molecule is COC(=O)CCc1c(C(=O)O)[nH]c2cc(Cl)ccc12. The number of aromatic nitrogens is 1. The number of benzene rings is 1. The van der Waals surface area contributed by atoms with Gasteiger partial charge in [-0.1, -0.05) is 17.7 Å². The van der Waals surface area contributed by atoms with Crippen molar-refractivity contribution >= 4 is 34.4 Å². The smallest absolute Gasteiger partial charge is 0.352 e. The number of methoxy groups -OCH3 is 1. The second kappa shape index (κ2) is 5.32. The molecule has 2 rings (SSSR count). The topological polar surface area (TPSA) is 79.4 Å². The Morgan fingerprint density at radius 1 is 1.42 bits per heavy atom. The maximum atomic E-state index is 11.2. The molecule has 2 aromatic rings. The maximum Gasteiger partial charge on any atom is 0.352 e. The lowest BCUT2D eigenvalue weighted by Crippen LogP contribution is -2.05. The zero-order valence-corrected chi connectivity index (χ0v) is 11.0. The number of nitrogens with one attached hydrogen (secondary N) is 1. The van der Waals surface area contributed by atoms with E-state index in [2.05, 4.69) is 9.72 Å². The van der Waals surface area contributed by atoms with Crippen LogP contribution in [-0.4, -0.2) is 29.1 Å². The van der Waals surface area contributed by atoms with Crippen LogP contribution in [0.3, 0.4) is 0 Å². The Labute approximate surface area is 114 Å². The molecular weight excluding hydrogens is 270 g/mol. The number of aryl methyl sites for hydroxylation is 1. The van der Waals surface area contributed by atoms with Crippen molar-refractivity contribution < 1.29 is 19.4 Å².